The van der Waals surface area contributed by atoms with Crippen LogP contribution in [-0.2, 0) is 19.7 Å². The second-order valence-corrected chi connectivity index (χ2v) is 8.84. The van der Waals surface area contributed by atoms with Crippen molar-refractivity contribution in [2.45, 2.75) is 16.2 Å². The number of hydrogen-bond donors (Lipinski definition) is 0. The molecule has 2 aromatic rings. The average molecular weight is 324 g/mol. The third kappa shape index (κ3) is 4.15. The molecule has 0 heterocycles. The van der Waals surface area contributed by atoms with Crippen LogP contribution >= 0.6 is 0 Å². The van der Waals surface area contributed by atoms with Crippen molar-refractivity contribution in [3.8, 4) is 0 Å². The molecule has 0 amide bonds. The van der Waals surface area contributed by atoms with Gasteiger partial charge in [0.2, 0.25) is 0 Å². The SMILES string of the molecule is O=S(=O)(CCCS(=O)(=O)c1ccccc1)c1ccccc1. The van der Waals surface area contributed by atoms with Crippen molar-refractivity contribution < 1.29 is 16.8 Å². The zero-order valence-electron chi connectivity index (χ0n) is 11.3. The van der Waals surface area contributed by atoms with Gasteiger partial charge in [0, 0.05) is 0 Å². The van der Waals surface area contributed by atoms with E-state index in [0.29, 0.717) is 0 Å². The maximum Gasteiger partial charge on any atom is 0.178 e. The molecule has 0 bridgehead atoms. The van der Waals surface area contributed by atoms with E-state index in [2.05, 4.69) is 0 Å². The van der Waals surface area contributed by atoms with Crippen LogP contribution < -0.4 is 0 Å². The zero-order chi connectivity index (χ0) is 15.3. The van der Waals surface area contributed by atoms with E-state index in [0.717, 1.165) is 0 Å². The second-order valence-electron chi connectivity index (χ2n) is 4.62. The lowest BCUT2D eigenvalue weighted by atomic mass is 10.4. The van der Waals surface area contributed by atoms with Crippen molar-refractivity contribution in [3.05, 3.63) is 60.7 Å². The van der Waals surface area contributed by atoms with Gasteiger partial charge in [-0.25, -0.2) is 16.8 Å². The summed E-state index contributed by atoms with van der Waals surface area (Å²) in [4.78, 5) is 0.448. The van der Waals surface area contributed by atoms with Crippen LogP contribution in [0.3, 0.4) is 0 Å². The molecule has 4 nitrogen and oxygen atoms in total. The molecule has 0 aliphatic rings. The average Bonchev–Trinajstić information content (AvgIpc) is 2.49. The molecule has 0 saturated carbocycles. The first kappa shape index (κ1) is 15.7. The number of benzene rings is 2. The van der Waals surface area contributed by atoms with E-state index < -0.39 is 19.7 Å². The van der Waals surface area contributed by atoms with Crippen LogP contribution in [0.15, 0.2) is 70.5 Å². The van der Waals surface area contributed by atoms with E-state index in [-0.39, 0.29) is 27.7 Å². The van der Waals surface area contributed by atoms with Gasteiger partial charge in [-0.05, 0) is 30.7 Å². The Morgan fingerprint density at radius 2 is 0.905 bits per heavy atom. The fourth-order valence-electron chi connectivity index (χ4n) is 1.93. The predicted molar refractivity (Wildman–Crippen MR) is 81.6 cm³/mol. The van der Waals surface area contributed by atoms with Crippen molar-refractivity contribution in [3.63, 3.8) is 0 Å². The highest BCUT2D eigenvalue weighted by Crippen LogP contribution is 2.14. The summed E-state index contributed by atoms with van der Waals surface area (Å²) in [5, 5.41) is 0. The van der Waals surface area contributed by atoms with Crippen LogP contribution in [0.1, 0.15) is 6.42 Å². The summed E-state index contributed by atoms with van der Waals surface area (Å²) in [5.41, 5.74) is 0. The summed E-state index contributed by atoms with van der Waals surface area (Å²) in [6.07, 6.45) is 0.0778. The van der Waals surface area contributed by atoms with Gasteiger partial charge in [-0.1, -0.05) is 36.4 Å². The van der Waals surface area contributed by atoms with Gasteiger partial charge in [0.05, 0.1) is 21.3 Å². The first-order chi connectivity index (χ1) is 9.92. The summed E-state index contributed by atoms with van der Waals surface area (Å²) in [6.45, 7) is 0. The van der Waals surface area contributed by atoms with E-state index in [9.17, 15) is 16.8 Å². The zero-order valence-corrected chi connectivity index (χ0v) is 13.0. The van der Waals surface area contributed by atoms with Gasteiger partial charge < -0.3 is 0 Å². The molecule has 0 aromatic heterocycles. The van der Waals surface area contributed by atoms with Crippen molar-refractivity contribution in [1.29, 1.82) is 0 Å². The molecule has 0 atom stereocenters. The lowest BCUT2D eigenvalue weighted by Crippen LogP contribution is -2.13. The Hall–Kier alpha value is -1.66. The number of rotatable bonds is 6. The van der Waals surface area contributed by atoms with Crippen molar-refractivity contribution >= 4 is 19.7 Å². The van der Waals surface area contributed by atoms with Crippen LogP contribution in [0.25, 0.3) is 0 Å². The van der Waals surface area contributed by atoms with Crippen LogP contribution in [0.5, 0.6) is 0 Å². The quantitative estimate of drug-likeness (QED) is 0.818. The summed E-state index contributed by atoms with van der Waals surface area (Å²) >= 11 is 0. The molecule has 0 unspecified atom stereocenters. The lowest BCUT2D eigenvalue weighted by molar-refractivity contribution is 0.590. The molecule has 21 heavy (non-hydrogen) atoms. The van der Waals surface area contributed by atoms with E-state index in [1.807, 2.05) is 0 Å². The summed E-state index contributed by atoms with van der Waals surface area (Å²) in [6, 6.07) is 16.1. The Labute approximate surface area is 125 Å². The monoisotopic (exact) mass is 324 g/mol. The molecule has 0 spiro atoms. The maximum atomic E-state index is 12.1. The Morgan fingerprint density at radius 1 is 0.571 bits per heavy atom. The Balaban J connectivity index is 2.02. The molecule has 6 heteroatoms. The summed E-state index contributed by atoms with van der Waals surface area (Å²) < 4.78 is 48.2. The van der Waals surface area contributed by atoms with Crippen molar-refractivity contribution in [1.82, 2.24) is 0 Å². The fraction of sp³-hybridized carbons (Fsp3) is 0.200. The van der Waals surface area contributed by atoms with Crippen LogP contribution in [0.4, 0.5) is 0 Å². The van der Waals surface area contributed by atoms with Crippen LogP contribution in [0, 0.1) is 0 Å². The highest BCUT2D eigenvalue weighted by Gasteiger charge is 2.18. The minimum Gasteiger partial charge on any atom is -0.224 e. The molecule has 112 valence electrons. The highest BCUT2D eigenvalue weighted by atomic mass is 32.2. The van der Waals surface area contributed by atoms with Gasteiger partial charge in [0.15, 0.2) is 19.7 Å². The minimum atomic E-state index is -3.43. The number of sulfone groups is 2. The van der Waals surface area contributed by atoms with E-state index in [1.165, 1.54) is 24.3 Å². The molecule has 0 saturated heterocycles. The highest BCUT2D eigenvalue weighted by molar-refractivity contribution is 7.92. The van der Waals surface area contributed by atoms with Gasteiger partial charge >= 0.3 is 0 Å². The molecule has 0 aliphatic heterocycles. The largest absolute Gasteiger partial charge is 0.224 e. The summed E-state index contributed by atoms with van der Waals surface area (Å²) in [7, 11) is -6.86. The molecular weight excluding hydrogens is 308 g/mol. The molecular formula is C15H16O4S2. The van der Waals surface area contributed by atoms with E-state index in [1.54, 1.807) is 36.4 Å². The summed E-state index contributed by atoms with van der Waals surface area (Å²) in [5.74, 6) is -0.355. The topological polar surface area (TPSA) is 68.3 Å². The van der Waals surface area contributed by atoms with Crippen molar-refractivity contribution in [2.24, 2.45) is 0 Å². The molecule has 0 fully saturated rings. The smallest absolute Gasteiger partial charge is 0.178 e. The Kier molecular flexibility index (Phi) is 4.80. The predicted octanol–water partition coefficient (Wildman–Crippen LogP) is 2.32. The molecule has 2 aromatic carbocycles. The van der Waals surface area contributed by atoms with Crippen LogP contribution in [0.2, 0.25) is 0 Å². The Morgan fingerprint density at radius 3 is 1.24 bits per heavy atom. The molecule has 0 N–H and O–H groups in total. The maximum absolute atomic E-state index is 12.1. The first-order valence-electron chi connectivity index (χ1n) is 6.47. The van der Waals surface area contributed by atoms with Crippen molar-refractivity contribution in [2.75, 3.05) is 11.5 Å². The third-order valence-corrected chi connectivity index (χ3v) is 6.66. The third-order valence-electron chi connectivity index (χ3n) is 3.03. The van der Waals surface area contributed by atoms with Gasteiger partial charge in [-0.3, -0.25) is 0 Å². The molecule has 0 aliphatic carbocycles. The minimum absolute atomic E-state index is 0.0778. The van der Waals surface area contributed by atoms with Crippen LogP contribution in [-0.4, -0.2) is 28.3 Å². The second kappa shape index (κ2) is 6.41. The first-order valence-corrected chi connectivity index (χ1v) is 9.78. The van der Waals surface area contributed by atoms with Gasteiger partial charge in [-0.15, -0.1) is 0 Å². The Bertz CT molecular complexity index is 711. The normalized spacial score (nSPS) is 12.2. The molecule has 2 rings (SSSR count). The fourth-order valence-corrected chi connectivity index (χ4v) is 4.78. The van der Waals surface area contributed by atoms with Gasteiger partial charge in [0.25, 0.3) is 0 Å². The van der Waals surface area contributed by atoms with E-state index >= 15 is 0 Å². The number of hydrogen-bond acceptors (Lipinski definition) is 4. The van der Waals surface area contributed by atoms with Gasteiger partial charge in [0.1, 0.15) is 0 Å². The molecule has 0 radical (unpaired) electrons. The lowest BCUT2D eigenvalue weighted by Gasteiger charge is -2.06. The van der Waals surface area contributed by atoms with Gasteiger partial charge in [-0.2, -0.15) is 0 Å². The van der Waals surface area contributed by atoms with E-state index in [4.69, 9.17) is 0 Å². The standard InChI is InChI=1S/C15H16O4S2/c16-20(17,14-8-3-1-4-9-14)12-7-13-21(18,19)15-10-5-2-6-11-15/h1-6,8-11H,7,12-13H2.